The van der Waals surface area contributed by atoms with Gasteiger partial charge in [0.15, 0.2) is 17.6 Å². The number of carbonyl (C=O) groups is 1. The van der Waals surface area contributed by atoms with E-state index in [4.69, 9.17) is 4.74 Å². The number of phenols is 1. The highest BCUT2D eigenvalue weighted by Crippen LogP contribution is 2.63. The number of aliphatic hydroxyl groups is 3. The van der Waals surface area contributed by atoms with Crippen molar-refractivity contribution in [2.24, 2.45) is 5.92 Å². The molecule has 1 saturated carbocycles. The van der Waals surface area contributed by atoms with Gasteiger partial charge in [0, 0.05) is 24.2 Å². The normalized spacial score (nSPS) is 34.2. The number of aromatic hydroxyl groups is 1. The van der Waals surface area contributed by atoms with Crippen molar-refractivity contribution >= 4 is 5.91 Å². The molecule has 0 radical (unpaired) electrons. The number of carbonyl (C=O) groups excluding carboxylic acids is 1. The van der Waals surface area contributed by atoms with Crippen LogP contribution in [-0.4, -0.2) is 74.7 Å². The summed E-state index contributed by atoms with van der Waals surface area (Å²) in [5, 5.41) is 46.0. The van der Waals surface area contributed by atoms with Gasteiger partial charge in [-0.3, -0.25) is 9.69 Å². The highest BCUT2D eigenvalue weighted by atomic mass is 16.5. The largest absolute Gasteiger partial charge is 0.508 e. The van der Waals surface area contributed by atoms with E-state index in [2.05, 4.69) is 10.2 Å². The molecule has 2 bridgehead atoms. The van der Waals surface area contributed by atoms with E-state index in [0.717, 1.165) is 24.2 Å². The molecule has 33 heavy (non-hydrogen) atoms. The fourth-order valence-corrected chi connectivity index (χ4v) is 6.26. The molecular weight excluding hydrogens is 424 g/mol. The molecule has 180 valence electrons. The monoisotopic (exact) mass is 458 g/mol. The summed E-state index contributed by atoms with van der Waals surface area (Å²) in [7, 11) is 0. The van der Waals surface area contributed by atoms with Crippen molar-refractivity contribution in [2.75, 3.05) is 19.7 Å². The van der Waals surface area contributed by atoms with Gasteiger partial charge in [0.25, 0.3) is 5.91 Å². The topological polar surface area (TPSA) is 122 Å². The Morgan fingerprint density at radius 2 is 2.09 bits per heavy atom. The van der Waals surface area contributed by atoms with Crippen LogP contribution in [0.2, 0.25) is 0 Å². The summed E-state index contributed by atoms with van der Waals surface area (Å²) in [5.74, 6) is 0.169. The Labute approximate surface area is 193 Å². The van der Waals surface area contributed by atoms with E-state index < -0.39 is 29.1 Å². The molecule has 1 aromatic carbocycles. The predicted molar refractivity (Wildman–Crippen MR) is 121 cm³/mol. The van der Waals surface area contributed by atoms with Gasteiger partial charge >= 0.3 is 0 Å². The van der Waals surface area contributed by atoms with Crippen molar-refractivity contribution in [3.05, 3.63) is 34.6 Å². The van der Waals surface area contributed by atoms with Crippen LogP contribution < -0.4 is 10.1 Å². The van der Waals surface area contributed by atoms with Gasteiger partial charge in [-0.2, -0.15) is 0 Å². The zero-order valence-corrected chi connectivity index (χ0v) is 19.5. The SMILES string of the molecule is C/C(C(=O)N[C@H](C)CO)=C(/O)[C@@H]1Oc2c(O)ccc3c2[C@@]12CCN(CC1CC1)[C@H](C3)[C@@]2(C)O. The molecule has 0 aromatic heterocycles. The van der Waals surface area contributed by atoms with Crippen LogP contribution in [0.3, 0.4) is 0 Å². The number of rotatable bonds is 6. The average Bonchev–Trinajstić information content (AvgIpc) is 3.51. The minimum Gasteiger partial charge on any atom is -0.508 e. The maximum absolute atomic E-state index is 12.7. The van der Waals surface area contributed by atoms with Crippen molar-refractivity contribution in [2.45, 2.75) is 75.7 Å². The average molecular weight is 459 g/mol. The van der Waals surface area contributed by atoms with Crippen molar-refractivity contribution in [3.63, 3.8) is 0 Å². The maximum Gasteiger partial charge on any atom is 0.250 e. The first kappa shape index (κ1) is 22.5. The molecule has 2 fully saturated rings. The third-order valence-electron chi connectivity index (χ3n) is 8.37. The zero-order chi connectivity index (χ0) is 23.7. The molecular formula is C25H34N2O6. The molecule has 1 aromatic rings. The van der Waals surface area contributed by atoms with Gasteiger partial charge in [0.1, 0.15) is 5.76 Å². The maximum atomic E-state index is 12.7. The van der Waals surface area contributed by atoms with Gasteiger partial charge in [-0.1, -0.05) is 6.07 Å². The molecule has 0 unspecified atom stereocenters. The number of benzene rings is 1. The van der Waals surface area contributed by atoms with E-state index in [9.17, 15) is 25.2 Å². The van der Waals surface area contributed by atoms with Crippen LogP contribution in [0.4, 0.5) is 0 Å². The van der Waals surface area contributed by atoms with Gasteiger partial charge in [0.05, 0.1) is 23.2 Å². The number of amides is 1. The molecule has 1 saturated heterocycles. The van der Waals surface area contributed by atoms with Crippen LogP contribution in [0.25, 0.3) is 0 Å². The smallest absolute Gasteiger partial charge is 0.250 e. The Morgan fingerprint density at radius 1 is 1.36 bits per heavy atom. The Balaban J connectivity index is 1.61. The number of piperidine rings is 1. The first-order valence-corrected chi connectivity index (χ1v) is 11.9. The van der Waals surface area contributed by atoms with Crippen molar-refractivity contribution in [1.29, 1.82) is 0 Å². The van der Waals surface area contributed by atoms with E-state index >= 15 is 0 Å². The molecule has 5 rings (SSSR count). The zero-order valence-electron chi connectivity index (χ0n) is 19.5. The molecule has 2 aliphatic carbocycles. The number of hydrogen-bond donors (Lipinski definition) is 5. The fraction of sp³-hybridized carbons (Fsp3) is 0.640. The number of nitrogens with zero attached hydrogens (tertiary/aromatic N) is 1. The van der Waals surface area contributed by atoms with Crippen molar-refractivity contribution < 1.29 is 30.0 Å². The number of fused-ring (bicyclic) bond motifs is 1. The summed E-state index contributed by atoms with van der Waals surface area (Å²) in [6, 6.07) is 2.87. The minimum absolute atomic E-state index is 0.0332. The number of ether oxygens (including phenoxy) is 1. The Bertz CT molecular complexity index is 1020. The number of likely N-dealkylation sites (tertiary alicyclic amines) is 1. The second-order valence-corrected chi connectivity index (χ2v) is 10.5. The first-order valence-electron chi connectivity index (χ1n) is 11.9. The summed E-state index contributed by atoms with van der Waals surface area (Å²) >= 11 is 0. The van der Waals surface area contributed by atoms with Crippen molar-refractivity contribution in [1.82, 2.24) is 10.2 Å². The molecule has 2 aliphatic heterocycles. The van der Waals surface area contributed by atoms with Crippen LogP contribution in [-0.2, 0) is 16.6 Å². The lowest BCUT2D eigenvalue weighted by Gasteiger charge is -2.59. The first-order chi connectivity index (χ1) is 15.6. The summed E-state index contributed by atoms with van der Waals surface area (Å²) in [4.78, 5) is 15.1. The molecule has 1 amide bonds. The van der Waals surface area contributed by atoms with Gasteiger partial charge in [-0.25, -0.2) is 0 Å². The lowest BCUT2D eigenvalue weighted by molar-refractivity contribution is -0.153. The molecule has 8 nitrogen and oxygen atoms in total. The van der Waals surface area contributed by atoms with E-state index in [1.165, 1.54) is 19.8 Å². The van der Waals surface area contributed by atoms with Crippen LogP contribution in [0.1, 0.15) is 51.2 Å². The summed E-state index contributed by atoms with van der Waals surface area (Å²) in [6.07, 6.45) is 2.61. The Hall–Kier alpha value is -2.29. The van der Waals surface area contributed by atoms with E-state index in [-0.39, 0.29) is 35.5 Å². The number of nitrogens with one attached hydrogen (secondary N) is 1. The van der Waals surface area contributed by atoms with Crippen LogP contribution in [0.5, 0.6) is 11.5 Å². The second kappa shape index (κ2) is 7.61. The lowest BCUT2D eigenvalue weighted by Crippen LogP contribution is -2.73. The number of phenolic OH excluding ortho intramolecular Hbond substituents is 1. The standard InChI is InChI=1S/C25H34N2O6/c1-13(12-28)26-23(31)14(2)20(30)22-25-8-9-27(11-15-4-5-15)18(24(25,3)32)10-16-6-7-17(29)21(33-22)19(16)25/h6-7,13,15,18,22,28-30,32H,4-5,8-12H2,1-3H3,(H,26,31)/b20-14-/t13-,18-,22+,24-,25+/m1/s1. The lowest BCUT2D eigenvalue weighted by atomic mass is 9.53. The Morgan fingerprint density at radius 3 is 2.76 bits per heavy atom. The summed E-state index contributed by atoms with van der Waals surface area (Å²) < 4.78 is 6.20. The third kappa shape index (κ3) is 3.18. The Kier molecular flexibility index (Phi) is 5.19. The van der Waals surface area contributed by atoms with E-state index in [1.807, 2.05) is 13.0 Å². The van der Waals surface area contributed by atoms with Gasteiger partial charge in [-0.15, -0.1) is 0 Å². The summed E-state index contributed by atoms with van der Waals surface area (Å²) in [5.41, 5.74) is -0.413. The van der Waals surface area contributed by atoms with E-state index in [1.54, 1.807) is 13.0 Å². The second-order valence-electron chi connectivity index (χ2n) is 10.5. The molecule has 4 aliphatic rings. The van der Waals surface area contributed by atoms with Crippen LogP contribution in [0.15, 0.2) is 23.5 Å². The fourth-order valence-electron chi connectivity index (χ4n) is 6.26. The predicted octanol–water partition coefficient (Wildman–Crippen LogP) is 1.51. The van der Waals surface area contributed by atoms with Crippen molar-refractivity contribution in [3.8, 4) is 11.5 Å². The van der Waals surface area contributed by atoms with Gasteiger partial charge in [-0.05, 0) is 70.5 Å². The molecule has 1 spiro atoms. The highest BCUT2D eigenvalue weighted by molar-refractivity contribution is 5.93. The molecule has 8 heteroatoms. The van der Waals surface area contributed by atoms with Gasteiger partial charge in [0.2, 0.25) is 0 Å². The number of hydrogen-bond acceptors (Lipinski definition) is 7. The number of aliphatic hydroxyl groups excluding tert-OH is 2. The van der Waals surface area contributed by atoms with Crippen LogP contribution >= 0.6 is 0 Å². The molecule has 2 heterocycles. The molecule has 5 atom stereocenters. The van der Waals surface area contributed by atoms with Crippen LogP contribution in [0, 0.1) is 5.92 Å². The molecule has 5 N–H and O–H groups in total. The minimum atomic E-state index is -1.25. The quantitative estimate of drug-likeness (QED) is 0.324. The summed E-state index contributed by atoms with van der Waals surface area (Å²) in [6.45, 7) is 6.46. The third-order valence-corrected chi connectivity index (χ3v) is 8.37. The highest BCUT2D eigenvalue weighted by Gasteiger charge is 2.69. The van der Waals surface area contributed by atoms with Gasteiger partial charge < -0.3 is 30.5 Å². The van der Waals surface area contributed by atoms with E-state index in [0.29, 0.717) is 18.8 Å².